The minimum Gasteiger partial charge on any atom is -0.370 e. The van der Waals surface area contributed by atoms with Gasteiger partial charge < -0.3 is 14.2 Å². The molecule has 0 bridgehead atoms. The monoisotopic (exact) mass is 314 g/mol. The van der Waals surface area contributed by atoms with Gasteiger partial charge in [0.2, 0.25) is 0 Å². The summed E-state index contributed by atoms with van der Waals surface area (Å²) in [6, 6.07) is 4.04. The molecule has 2 aromatic rings. The number of hydrogen-bond donors (Lipinski definition) is 0. The molecule has 0 saturated carbocycles. The highest BCUT2D eigenvalue weighted by atomic mass is 16.5. The molecule has 0 N–H and O–H groups in total. The third-order valence-corrected chi connectivity index (χ3v) is 5.35. The van der Waals surface area contributed by atoms with Crippen molar-refractivity contribution in [3.63, 3.8) is 0 Å². The second-order valence-electron chi connectivity index (χ2n) is 6.81. The van der Waals surface area contributed by atoms with Crippen LogP contribution in [0.25, 0.3) is 11.2 Å². The molecule has 4 rings (SSSR count). The van der Waals surface area contributed by atoms with Gasteiger partial charge in [-0.15, -0.1) is 0 Å². The van der Waals surface area contributed by atoms with Crippen molar-refractivity contribution in [2.24, 2.45) is 5.92 Å². The molecule has 2 saturated heterocycles. The van der Waals surface area contributed by atoms with Crippen molar-refractivity contribution in [3.05, 3.63) is 24.2 Å². The minimum absolute atomic E-state index is 0.153. The topological polar surface area (TPSA) is 43.2 Å². The van der Waals surface area contributed by atoms with E-state index < -0.39 is 0 Å². The van der Waals surface area contributed by atoms with E-state index in [-0.39, 0.29) is 6.10 Å². The van der Waals surface area contributed by atoms with Crippen molar-refractivity contribution in [3.8, 4) is 0 Å². The van der Waals surface area contributed by atoms with Crippen LogP contribution in [0.1, 0.15) is 44.5 Å². The standard InChI is InChI=1S/C18H26N4O/c1-2-21-10-7-14(8-11-21)13-22-17-15(5-3-9-19-17)20-18(22)16-6-4-12-23-16/h3,5,9,14,16H,2,4,6-8,10-13H2,1H3. The number of aromatic nitrogens is 3. The summed E-state index contributed by atoms with van der Waals surface area (Å²) in [5, 5.41) is 0. The number of ether oxygens (including phenoxy) is 1. The van der Waals surface area contributed by atoms with Gasteiger partial charge in [-0.25, -0.2) is 9.97 Å². The number of piperidine rings is 1. The van der Waals surface area contributed by atoms with Gasteiger partial charge in [0, 0.05) is 19.3 Å². The number of nitrogens with zero attached hydrogens (tertiary/aromatic N) is 4. The van der Waals surface area contributed by atoms with Crippen molar-refractivity contribution in [2.75, 3.05) is 26.2 Å². The number of likely N-dealkylation sites (tertiary alicyclic amines) is 1. The number of rotatable bonds is 4. The lowest BCUT2D eigenvalue weighted by Crippen LogP contribution is -2.35. The predicted octanol–water partition coefficient (Wildman–Crippen LogP) is 3.01. The lowest BCUT2D eigenvalue weighted by atomic mass is 9.96. The summed E-state index contributed by atoms with van der Waals surface area (Å²) < 4.78 is 8.26. The molecule has 2 aliphatic heterocycles. The summed E-state index contributed by atoms with van der Waals surface area (Å²) in [5.74, 6) is 1.81. The van der Waals surface area contributed by atoms with Gasteiger partial charge in [-0.2, -0.15) is 0 Å². The van der Waals surface area contributed by atoms with E-state index >= 15 is 0 Å². The van der Waals surface area contributed by atoms with Crippen molar-refractivity contribution >= 4 is 11.2 Å². The molecule has 5 nitrogen and oxygen atoms in total. The van der Waals surface area contributed by atoms with Gasteiger partial charge in [-0.3, -0.25) is 0 Å². The first kappa shape index (κ1) is 15.1. The van der Waals surface area contributed by atoms with Crippen LogP contribution in [0.2, 0.25) is 0 Å². The molecule has 0 radical (unpaired) electrons. The Bertz CT molecular complexity index is 654. The third kappa shape index (κ3) is 3.00. The Balaban J connectivity index is 1.61. The van der Waals surface area contributed by atoms with Gasteiger partial charge in [-0.05, 0) is 63.4 Å². The van der Waals surface area contributed by atoms with Crippen LogP contribution < -0.4 is 0 Å². The van der Waals surface area contributed by atoms with Crippen LogP contribution in [0, 0.1) is 5.92 Å². The Morgan fingerprint density at radius 3 is 2.87 bits per heavy atom. The molecular formula is C18H26N4O. The summed E-state index contributed by atoms with van der Waals surface area (Å²) in [4.78, 5) is 12.0. The fraction of sp³-hybridized carbons (Fsp3) is 0.667. The number of fused-ring (bicyclic) bond motifs is 1. The highest BCUT2D eigenvalue weighted by Gasteiger charge is 2.27. The normalized spacial score (nSPS) is 23.8. The Kier molecular flexibility index (Phi) is 4.31. The van der Waals surface area contributed by atoms with Crippen molar-refractivity contribution in [2.45, 2.75) is 45.3 Å². The smallest absolute Gasteiger partial charge is 0.160 e. The molecule has 2 aromatic heterocycles. The maximum Gasteiger partial charge on any atom is 0.160 e. The van der Waals surface area contributed by atoms with E-state index in [2.05, 4.69) is 27.4 Å². The molecule has 1 atom stereocenters. The predicted molar refractivity (Wildman–Crippen MR) is 90.3 cm³/mol. The molecule has 124 valence electrons. The molecule has 2 aliphatic rings. The van der Waals surface area contributed by atoms with Gasteiger partial charge >= 0.3 is 0 Å². The maximum absolute atomic E-state index is 5.91. The van der Waals surface area contributed by atoms with Crippen LogP contribution in [-0.2, 0) is 11.3 Å². The number of hydrogen-bond acceptors (Lipinski definition) is 4. The zero-order chi connectivity index (χ0) is 15.6. The summed E-state index contributed by atoms with van der Waals surface area (Å²) in [5.41, 5.74) is 2.03. The number of pyridine rings is 1. The van der Waals surface area contributed by atoms with Crippen molar-refractivity contribution in [1.29, 1.82) is 0 Å². The van der Waals surface area contributed by atoms with E-state index in [1.165, 1.54) is 32.5 Å². The van der Waals surface area contributed by atoms with Gasteiger partial charge in [0.15, 0.2) is 5.65 Å². The second-order valence-corrected chi connectivity index (χ2v) is 6.81. The Morgan fingerprint density at radius 1 is 1.26 bits per heavy atom. The van der Waals surface area contributed by atoms with Crippen LogP contribution in [0.5, 0.6) is 0 Å². The highest BCUT2D eigenvalue weighted by molar-refractivity contribution is 5.71. The SMILES string of the molecule is CCN1CCC(Cn2c(C3CCCO3)nc3cccnc32)CC1. The van der Waals surface area contributed by atoms with E-state index in [4.69, 9.17) is 9.72 Å². The van der Waals surface area contributed by atoms with Crippen LogP contribution in [0.3, 0.4) is 0 Å². The van der Waals surface area contributed by atoms with Crippen LogP contribution in [0.4, 0.5) is 0 Å². The first-order valence-electron chi connectivity index (χ1n) is 9.00. The lowest BCUT2D eigenvalue weighted by molar-refractivity contribution is 0.0999. The summed E-state index contributed by atoms with van der Waals surface area (Å²) >= 11 is 0. The molecule has 2 fully saturated rings. The summed E-state index contributed by atoms with van der Waals surface area (Å²) in [6.45, 7) is 7.75. The zero-order valence-electron chi connectivity index (χ0n) is 13.9. The van der Waals surface area contributed by atoms with Gasteiger partial charge in [-0.1, -0.05) is 6.92 Å². The Hall–Kier alpha value is -1.46. The van der Waals surface area contributed by atoms with E-state index in [0.717, 1.165) is 48.9 Å². The molecule has 0 aliphatic carbocycles. The molecule has 0 spiro atoms. The maximum atomic E-state index is 5.91. The first-order chi connectivity index (χ1) is 11.3. The molecular weight excluding hydrogens is 288 g/mol. The van der Waals surface area contributed by atoms with Crippen LogP contribution in [-0.4, -0.2) is 45.7 Å². The largest absolute Gasteiger partial charge is 0.370 e. The first-order valence-corrected chi connectivity index (χ1v) is 9.00. The number of imidazole rings is 1. The molecule has 5 heteroatoms. The van der Waals surface area contributed by atoms with E-state index in [0.29, 0.717) is 0 Å². The second kappa shape index (κ2) is 6.57. The summed E-state index contributed by atoms with van der Waals surface area (Å²) in [7, 11) is 0. The van der Waals surface area contributed by atoms with E-state index in [1.807, 2.05) is 12.3 Å². The van der Waals surface area contributed by atoms with Crippen LogP contribution in [0.15, 0.2) is 18.3 Å². The molecule has 1 unspecified atom stereocenters. The Morgan fingerprint density at radius 2 is 2.13 bits per heavy atom. The quantitative estimate of drug-likeness (QED) is 0.870. The average molecular weight is 314 g/mol. The minimum atomic E-state index is 0.153. The molecule has 0 amide bonds. The average Bonchev–Trinajstić information content (AvgIpc) is 3.24. The van der Waals surface area contributed by atoms with Crippen molar-refractivity contribution in [1.82, 2.24) is 19.4 Å². The molecule has 23 heavy (non-hydrogen) atoms. The van der Waals surface area contributed by atoms with Crippen LogP contribution >= 0.6 is 0 Å². The van der Waals surface area contributed by atoms with E-state index in [1.54, 1.807) is 0 Å². The summed E-state index contributed by atoms with van der Waals surface area (Å²) in [6.07, 6.45) is 6.78. The molecule has 4 heterocycles. The van der Waals surface area contributed by atoms with E-state index in [9.17, 15) is 0 Å². The highest BCUT2D eigenvalue weighted by Crippen LogP contribution is 2.31. The van der Waals surface area contributed by atoms with Gasteiger partial charge in [0.25, 0.3) is 0 Å². The zero-order valence-corrected chi connectivity index (χ0v) is 13.9. The fourth-order valence-corrected chi connectivity index (χ4v) is 3.93. The lowest BCUT2D eigenvalue weighted by Gasteiger charge is -2.31. The van der Waals surface area contributed by atoms with Crippen molar-refractivity contribution < 1.29 is 4.74 Å². The fourth-order valence-electron chi connectivity index (χ4n) is 3.93. The Labute approximate surface area is 137 Å². The van der Waals surface area contributed by atoms with Gasteiger partial charge in [0.05, 0.1) is 0 Å². The van der Waals surface area contributed by atoms with Gasteiger partial charge in [0.1, 0.15) is 17.4 Å². The third-order valence-electron chi connectivity index (χ3n) is 5.35. The molecule has 0 aromatic carbocycles.